The lowest BCUT2D eigenvalue weighted by Crippen LogP contribution is -2.33. The van der Waals surface area contributed by atoms with E-state index in [0.717, 1.165) is 12.3 Å². The third-order valence-corrected chi connectivity index (χ3v) is 4.87. The fourth-order valence-corrected chi connectivity index (χ4v) is 3.30. The van der Waals surface area contributed by atoms with E-state index in [0.29, 0.717) is 22.0 Å². The van der Waals surface area contributed by atoms with Gasteiger partial charge in [-0.3, -0.25) is 9.78 Å². The highest BCUT2D eigenvalue weighted by Gasteiger charge is 2.32. The molecule has 0 unspecified atom stereocenters. The number of hydrogen-bond acceptors (Lipinski definition) is 6. The standard InChI is InChI=1S/C17H16F3N5O2S/c18-17(19,20)14-4-1-9(6-22-14)11-2-3-12(24-11)15(27)25-13(5-21)16-23-10(7-26)8-28-16/h1-4,6,8,13,24,26H,5,7,21H2,(H,25,27)/t13-/m1/s1. The third kappa shape index (κ3) is 4.38. The molecule has 7 nitrogen and oxygen atoms in total. The van der Waals surface area contributed by atoms with Crippen LogP contribution >= 0.6 is 11.3 Å². The zero-order valence-corrected chi connectivity index (χ0v) is 15.1. The van der Waals surface area contributed by atoms with Gasteiger partial charge < -0.3 is 21.1 Å². The van der Waals surface area contributed by atoms with Crippen molar-refractivity contribution in [3.8, 4) is 11.3 Å². The summed E-state index contributed by atoms with van der Waals surface area (Å²) >= 11 is 1.27. The second-order valence-electron chi connectivity index (χ2n) is 5.81. The van der Waals surface area contributed by atoms with E-state index >= 15 is 0 Å². The van der Waals surface area contributed by atoms with E-state index in [1.54, 1.807) is 11.4 Å². The van der Waals surface area contributed by atoms with Gasteiger partial charge in [0.05, 0.1) is 18.3 Å². The Morgan fingerprint density at radius 3 is 2.68 bits per heavy atom. The number of aromatic amines is 1. The molecule has 3 rings (SSSR count). The lowest BCUT2D eigenvalue weighted by atomic mass is 10.2. The summed E-state index contributed by atoms with van der Waals surface area (Å²) in [6.45, 7) is -0.0938. The smallest absolute Gasteiger partial charge is 0.390 e. The number of rotatable bonds is 6. The summed E-state index contributed by atoms with van der Waals surface area (Å²) in [5.74, 6) is -0.442. The molecule has 0 radical (unpaired) electrons. The van der Waals surface area contributed by atoms with Gasteiger partial charge in [-0.2, -0.15) is 13.2 Å². The molecule has 1 atom stereocenters. The van der Waals surface area contributed by atoms with Gasteiger partial charge in [-0.15, -0.1) is 11.3 Å². The molecule has 0 bridgehead atoms. The summed E-state index contributed by atoms with van der Waals surface area (Å²) in [5, 5.41) is 14.1. The van der Waals surface area contributed by atoms with Crippen LogP contribution in [0, 0.1) is 0 Å². The summed E-state index contributed by atoms with van der Waals surface area (Å²) in [6.07, 6.45) is -3.42. The second kappa shape index (κ2) is 8.09. The first kappa shape index (κ1) is 20.0. The number of pyridine rings is 1. The van der Waals surface area contributed by atoms with E-state index in [1.165, 1.54) is 23.5 Å². The van der Waals surface area contributed by atoms with Crippen molar-refractivity contribution in [3.05, 3.63) is 57.9 Å². The van der Waals surface area contributed by atoms with E-state index in [1.807, 2.05) is 0 Å². The molecule has 0 aliphatic heterocycles. The maximum absolute atomic E-state index is 12.6. The molecule has 3 heterocycles. The number of nitrogens with zero attached hydrogens (tertiary/aromatic N) is 2. The number of amides is 1. The zero-order valence-electron chi connectivity index (χ0n) is 14.3. The Morgan fingerprint density at radius 2 is 2.11 bits per heavy atom. The number of aliphatic hydroxyl groups is 1. The van der Waals surface area contributed by atoms with Crippen molar-refractivity contribution < 1.29 is 23.1 Å². The summed E-state index contributed by atoms with van der Waals surface area (Å²) in [4.78, 5) is 22.9. The minimum absolute atomic E-state index is 0.112. The van der Waals surface area contributed by atoms with Crippen molar-refractivity contribution in [1.82, 2.24) is 20.3 Å². The quantitative estimate of drug-likeness (QED) is 0.497. The van der Waals surface area contributed by atoms with Gasteiger partial charge in [-0.1, -0.05) is 0 Å². The van der Waals surface area contributed by atoms with Crippen LogP contribution in [0.25, 0.3) is 11.3 Å². The Bertz CT molecular complexity index is 952. The van der Waals surface area contributed by atoms with Crippen molar-refractivity contribution in [1.29, 1.82) is 0 Å². The van der Waals surface area contributed by atoms with Gasteiger partial charge in [0.15, 0.2) is 0 Å². The average molecular weight is 411 g/mol. The second-order valence-corrected chi connectivity index (χ2v) is 6.70. The minimum Gasteiger partial charge on any atom is -0.390 e. The first-order valence-electron chi connectivity index (χ1n) is 8.10. The van der Waals surface area contributed by atoms with Gasteiger partial charge >= 0.3 is 6.18 Å². The number of carbonyl (C=O) groups excluding carboxylic acids is 1. The van der Waals surface area contributed by atoms with Gasteiger partial charge in [-0.05, 0) is 24.3 Å². The molecular formula is C17H16F3N5O2S. The molecule has 0 aromatic carbocycles. The summed E-state index contributed by atoms with van der Waals surface area (Å²) in [5.41, 5.74) is 6.29. The molecule has 0 saturated heterocycles. The van der Waals surface area contributed by atoms with Crippen LogP contribution in [0.1, 0.15) is 32.9 Å². The van der Waals surface area contributed by atoms with Crippen LogP contribution in [0.5, 0.6) is 0 Å². The predicted octanol–water partition coefficient (Wildman–Crippen LogP) is 2.47. The van der Waals surface area contributed by atoms with Crippen molar-refractivity contribution in [2.24, 2.45) is 5.73 Å². The predicted molar refractivity (Wildman–Crippen MR) is 96.3 cm³/mol. The SMILES string of the molecule is NC[C@@H](NC(=O)c1ccc(-c2ccc(C(F)(F)F)nc2)[nH]1)c1nc(CO)cs1. The molecule has 0 aliphatic rings. The molecule has 0 spiro atoms. The fraction of sp³-hybridized carbons (Fsp3) is 0.235. The molecule has 5 N–H and O–H groups in total. The van der Waals surface area contributed by atoms with E-state index in [-0.39, 0.29) is 18.8 Å². The van der Waals surface area contributed by atoms with Crippen LogP contribution in [0.3, 0.4) is 0 Å². The number of nitrogens with two attached hydrogens (primary N) is 1. The molecular weight excluding hydrogens is 395 g/mol. The number of aliphatic hydroxyl groups excluding tert-OH is 1. The number of nitrogens with one attached hydrogen (secondary N) is 2. The maximum atomic E-state index is 12.6. The van der Waals surface area contributed by atoms with E-state index in [2.05, 4.69) is 20.3 Å². The Kier molecular flexibility index (Phi) is 5.77. The number of hydrogen-bond donors (Lipinski definition) is 4. The topological polar surface area (TPSA) is 117 Å². The Morgan fingerprint density at radius 1 is 1.32 bits per heavy atom. The Hall–Kier alpha value is -2.76. The Labute approximate surface area is 161 Å². The Balaban J connectivity index is 1.72. The fourth-order valence-electron chi connectivity index (χ4n) is 2.43. The summed E-state index contributed by atoms with van der Waals surface area (Å²) in [6, 6.07) is 4.71. The molecule has 28 heavy (non-hydrogen) atoms. The highest BCUT2D eigenvalue weighted by atomic mass is 32.1. The van der Waals surface area contributed by atoms with Crippen molar-refractivity contribution >= 4 is 17.2 Å². The number of aromatic nitrogens is 3. The first-order valence-corrected chi connectivity index (χ1v) is 8.98. The number of alkyl halides is 3. The molecule has 11 heteroatoms. The van der Waals surface area contributed by atoms with Crippen LogP contribution in [-0.4, -0.2) is 32.5 Å². The van der Waals surface area contributed by atoms with Crippen LogP contribution in [0.15, 0.2) is 35.8 Å². The zero-order chi connectivity index (χ0) is 20.3. The van der Waals surface area contributed by atoms with Gasteiger partial charge in [0.1, 0.15) is 16.4 Å². The number of H-pyrrole nitrogens is 1. The normalized spacial score (nSPS) is 12.8. The van der Waals surface area contributed by atoms with Gasteiger partial charge in [-0.25, -0.2) is 4.98 Å². The highest BCUT2D eigenvalue weighted by molar-refractivity contribution is 7.09. The minimum atomic E-state index is -4.51. The average Bonchev–Trinajstić information content (AvgIpc) is 3.35. The molecule has 3 aromatic rings. The molecule has 148 valence electrons. The number of carbonyl (C=O) groups is 1. The van der Waals surface area contributed by atoms with Gasteiger partial charge in [0.2, 0.25) is 0 Å². The molecule has 0 fully saturated rings. The molecule has 1 amide bonds. The van der Waals surface area contributed by atoms with Gasteiger partial charge in [0.25, 0.3) is 5.91 Å². The first-order chi connectivity index (χ1) is 13.3. The van der Waals surface area contributed by atoms with E-state index < -0.39 is 23.8 Å². The van der Waals surface area contributed by atoms with Crippen molar-refractivity contribution in [3.63, 3.8) is 0 Å². The summed E-state index contributed by atoms with van der Waals surface area (Å²) < 4.78 is 37.8. The maximum Gasteiger partial charge on any atom is 0.433 e. The van der Waals surface area contributed by atoms with E-state index in [9.17, 15) is 18.0 Å². The highest BCUT2D eigenvalue weighted by Crippen LogP contribution is 2.29. The molecule has 3 aromatic heterocycles. The van der Waals surface area contributed by atoms with Gasteiger partial charge in [0, 0.05) is 29.4 Å². The third-order valence-electron chi connectivity index (χ3n) is 3.87. The van der Waals surface area contributed by atoms with Crippen LogP contribution in [0.4, 0.5) is 13.2 Å². The van der Waals surface area contributed by atoms with Crippen molar-refractivity contribution in [2.45, 2.75) is 18.8 Å². The van der Waals surface area contributed by atoms with Crippen LogP contribution < -0.4 is 11.1 Å². The summed E-state index contributed by atoms with van der Waals surface area (Å²) in [7, 11) is 0. The molecule has 0 aliphatic carbocycles. The number of thiazole rings is 1. The van der Waals surface area contributed by atoms with Crippen LogP contribution in [-0.2, 0) is 12.8 Å². The van der Waals surface area contributed by atoms with Crippen molar-refractivity contribution in [2.75, 3.05) is 6.54 Å². The van der Waals surface area contributed by atoms with E-state index in [4.69, 9.17) is 10.8 Å². The largest absolute Gasteiger partial charge is 0.433 e. The van der Waals surface area contributed by atoms with Crippen LogP contribution in [0.2, 0.25) is 0 Å². The molecule has 0 saturated carbocycles. The number of halogens is 3. The lowest BCUT2D eigenvalue weighted by molar-refractivity contribution is -0.141. The monoisotopic (exact) mass is 411 g/mol. The lowest BCUT2D eigenvalue weighted by Gasteiger charge is -2.13.